The van der Waals surface area contributed by atoms with Crippen molar-refractivity contribution in [3.8, 4) is 11.1 Å². The van der Waals surface area contributed by atoms with Crippen LogP contribution in [0.25, 0.3) is 21.9 Å². The Morgan fingerprint density at radius 2 is 1.20 bits per heavy atom. The van der Waals surface area contributed by atoms with Crippen LogP contribution in [0, 0.1) is 23.7 Å². The normalized spacial score (nSPS) is 16.0. The molecule has 6 rings (SSSR count). The van der Waals surface area contributed by atoms with Gasteiger partial charge in [0.2, 0.25) is 11.8 Å². The molecule has 4 aromatic carbocycles. The van der Waals surface area contributed by atoms with Gasteiger partial charge in [0.05, 0.1) is 13.5 Å². The molecule has 0 aliphatic heterocycles. The van der Waals surface area contributed by atoms with E-state index in [0.717, 1.165) is 38.6 Å². The number of unbranched alkanes of at least 4 members (excludes halogenated alkanes) is 3. The number of amides is 4. The summed E-state index contributed by atoms with van der Waals surface area (Å²) in [5, 5.41) is 13.4. The summed E-state index contributed by atoms with van der Waals surface area (Å²) in [7, 11) is 1.19. The number of urea groups is 1. The van der Waals surface area contributed by atoms with Gasteiger partial charge in [-0.1, -0.05) is 116 Å². The smallest absolute Gasteiger partial charge is 0.329 e. The lowest BCUT2D eigenvalue weighted by Gasteiger charge is -2.29. The number of ketones is 1. The zero-order valence-corrected chi connectivity index (χ0v) is 52.6. The van der Waals surface area contributed by atoms with E-state index in [2.05, 4.69) is 52.1 Å². The molecule has 476 valence electrons. The number of esters is 5. The van der Waals surface area contributed by atoms with Crippen molar-refractivity contribution in [1.82, 2.24) is 21.3 Å². The van der Waals surface area contributed by atoms with Crippen molar-refractivity contribution < 1.29 is 66.8 Å². The van der Waals surface area contributed by atoms with E-state index in [4.69, 9.17) is 23.7 Å². The third-order valence-corrected chi connectivity index (χ3v) is 16.0. The first kappa shape index (κ1) is 69.2. The molecule has 0 aromatic heterocycles. The second kappa shape index (κ2) is 34.0. The number of hydrogen-bond acceptors (Lipinski definition) is 14. The van der Waals surface area contributed by atoms with E-state index in [9.17, 15) is 43.2 Å². The third kappa shape index (κ3) is 22.7. The predicted octanol–water partition coefficient (Wildman–Crippen LogP) is 10.9. The number of carbonyl (C=O) groups is 9. The Bertz CT molecular complexity index is 3000. The van der Waals surface area contributed by atoms with Crippen LogP contribution in [0.2, 0.25) is 0 Å². The van der Waals surface area contributed by atoms with Crippen LogP contribution in [0.1, 0.15) is 167 Å². The summed E-state index contributed by atoms with van der Waals surface area (Å²) >= 11 is 0. The van der Waals surface area contributed by atoms with E-state index in [-0.39, 0.29) is 99.6 Å². The van der Waals surface area contributed by atoms with Crippen molar-refractivity contribution in [2.45, 2.75) is 180 Å². The van der Waals surface area contributed by atoms with Gasteiger partial charge in [0.1, 0.15) is 42.3 Å². The quantitative estimate of drug-likeness (QED) is 0.0150. The number of fused-ring (bicyclic) bond motifs is 4. The summed E-state index contributed by atoms with van der Waals surface area (Å²) in [4.78, 5) is 120. The molecule has 4 N–H and O–H groups in total. The first-order valence-corrected chi connectivity index (χ1v) is 31.3. The molecule has 4 unspecified atom stereocenters. The molecule has 2 aliphatic carbocycles. The van der Waals surface area contributed by atoms with Gasteiger partial charge in [-0.3, -0.25) is 28.8 Å². The minimum atomic E-state index is -1.23. The topological polar surface area (TPSA) is 248 Å². The summed E-state index contributed by atoms with van der Waals surface area (Å²) in [6.45, 7) is 14.7. The summed E-state index contributed by atoms with van der Waals surface area (Å²) in [6, 6.07) is 27.0. The van der Waals surface area contributed by atoms with Gasteiger partial charge >= 0.3 is 35.9 Å². The van der Waals surface area contributed by atoms with Crippen LogP contribution in [0.3, 0.4) is 0 Å². The van der Waals surface area contributed by atoms with Gasteiger partial charge in [-0.2, -0.15) is 0 Å². The molecule has 1 fully saturated rings. The van der Waals surface area contributed by atoms with Gasteiger partial charge in [0.15, 0.2) is 0 Å². The molecule has 0 heterocycles. The number of carbonyl (C=O) groups excluding carboxylic acids is 9. The van der Waals surface area contributed by atoms with Crippen LogP contribution >= 0.6 is 0 Å². The number of nitrogens with one attached hydrogen (secondary N) is 4. The fourth-order valence-corrected chi connectivity index (χ4v) is 11.5. The van der Waals surface area contributed by atoms with E-state index in [1.165, 1.54) is 13.2 Å². The molecule has 18 nitrogen and oxygen atoms in total. The number of methoxy groups -OCH3 is 1. The van der Waals surface area contributed by atoms with Gasteiger partial charge in [-0.05, 0) is 157 Å². The monoisotopic (exact) mass is 1210 g/mol. The van der Waals surface area contributed by atoms with Crippen LogP contribution < -0.4 is 21.3 Å². The minimum Gasteiger partial charge on any atom is -0.467 e. The molecule has 0 bridgehead atoms. The second-order valence-electron chi connectivity index (χ2n) is 25.3. The standard InChI is InChI=1S/C70H92N4O14/c1-9-39-85-61(76)29-12-10-11-23-51(43-63(78)86-45-57-55-26-17-15-24-53(55)54-25-16-18-27-56(54)57)64(79)72-44-46-30-34-49(35-31-46)60(75)42-52(41-47-32-33-48-21-13-14-22-50(48)40-47)65(80)71-38-20-19-28-58(66(81)84-8)73-68(83)74-59(67(82)88-70(5,6)7)36-37-62(77)87-69(2,3)4/h9,13-18,21-22,24-27,32-33,40,46,49,51-52,57-59H,1,10-12,19-20,23,28-31,34-39,41-45H2,2-8H3,(H,71,80)(H,72,79)(H2,73,74,83). The average Bonchev–Trinajstić information content (AvgIpc) is 1.71. The van der Waals surface area contributed by atoms with Crippen molar-refractivity contribution in [3.63, 3.8) is 0 Å². The average molecular weight is 1210 g/mol. The van der Waals surface area contributed by atoms with E-state index in [1.807, 2.05) is 66.7 Å². The molecule has 1 saturated carbocycles. The molecule has 4 amide bonds. The van der Waals surface area contributed by atoms with Crippen LogP contribution in [0.15, 0.2) is 104 Å². The molecule has 18 heteroatoms. The second-order valence-corrected chi connectivity index (χ2v) is 25.3. The highest BCUT2D eigenvalue weighted by Crippen LogP contribution is 2.44. The van der Waals surface area contributed by atoms with Crippen molar-refractivity contribution in [2.24, 2.45) is 23.7 Å². The van der Waals surface area contributed by atoms with E-state index >= 15 is 0 Å². The highest BCUT2D eigenvalue weighted by atomic mass is 16.6. The minimum absolute atomic E-state index is 0.00423. The Morgan fingerprint density at radius 3 is 1.85 bits per heavy atom. The number of ether oxygens (including phenoxy) is 5. The number of Topliss-reactive ketones (excluding diaryl/α,β-unsaturated/α-hetero) is 1. The maximum absolute atomic E-state index is 14.2. The first-order chi connectivity index (χ1) is 42.0. The molecule has 88 heavy (non-hydrogen) atoms. The highest BCUT2D eigenvalue weighted by molar-refractivity contribution is 5.90. The largest absolute Gasteiger partial charge is 0.467 e. The lowest BCUT2D eigenvalue weighted by molar-refractivity contribution is -0.159. The van der Waals surface area contributed by atoms with Crippen molar-refractivity contribution in [2.75, 3.05) is 33.4 Å². The number of rotatable bonds is 33. The maximum Gasteiger partial charge on any atom is 0.329 e. The van der Waals surface area contributed by atoms with Crippen LogP contribution in [-0.4, -0.2) is 110 Å². The van der Waals surface area contributed by atoms with Gasteiger partial charge in [0.25, 0.3) is 0 Å². The maximum atomic E-state index is 14.2. The van der Waals surface area contributed by atoms with Gasteiger partial charge in [-0.25, -0.2) is 14.4 Å². The van der Waals surface area contributed by atoms with Crippen LogP contribution in [0.4, 0.5) is 4.79 Å². The molecule has 4 aromatic rings. The zero-order chi connectivity index (χ0) is 63.8. The Morgan fingerprint density at radius 1 is 0.591 bits per heavy atom. The van der Waals surface area contributed by atoms with Crippen LogP contribution in [0.5, 0.6) is 0 Å². The van der Waals surface area contributed by atoms with Gasteiger partial charge in [-0.15, -0.1) is 0 Å². The van der Waals surface area contributed by atoms with Crippen molar-refractivity contribution in [1.29, 1.82) is 0 Å². The van der Waals surface area contributed by atoms with E-state index < -0.39 is 65.0 Å². The SMILES string of the molecule is C=CCOC(=O)CCCCCC(CC(=O)OCC1c2ccccc2-c2ccccc21)C(=O)NCC1CCC(C(=O)CC(Cc2ccc3ccccc3c2)C(=O)NCCCCC(NC(=O)NC(CCC(=O)OC(C)(C)C)C(=O)OC(C)(C)C)C(=O)OC)CC1. The van der Waals surface area contributed by atoms with Crippen molar-refractivity contribution >= 4 is 64.2 Å². The Balaban J connectivity index is 1.01. The molecule has 2 aliphatic rings. The Hall–Kier alpha value is -7.89. The van der Waals surface area contributed by atoms with E-state index in [0.29, 0.717) is 77.2 Å². The summed E-state index contributed by atoms with van der Waals surface area (Å²) in [5.74, 6) is -4.90. The van der Waals surface area contributed by atoms with Crippen LogP contribution in [-0.2, 0) is 68.5 Å². The zero-order valence-electron chi connectivity index (χ0n) is 52.6. The fraction of sp³-hybridized carbons (Fsp3) is 0.529. The first-order valence-electron chi connectivity index (χ1n) is 31.3. The molecule has 0 radical (unpaired) electrons. The summed E-state index contributed by atoms with van der Waals surface area (Å²) < 4.78 is 26.9. The van der Waals surface area contributed by atoms with Gasteiger partial charge in [0, 0.05) is 56.0 Å². The predicted molar refractivity (Wildman–Crippen MR) is 335 cm³/mol. The number of hydrogen-bond donors (Lipinski definition) is 4. The summed E-state index contributed by atoms with van der Waals surface area (Å²) in [5.41, 5.74) is 3.71. The summed E-state index contributed by atoms with van der Waals surface area (Å²) in [6.07, 6.45) is 7.57. The molecule has 0 saturated heterocycles. The Labute approximate surface area is 518 Å². The highest BCUT2D eigenvalue weighted by Gasteiger charge is 2.34. The van der Waals surface area contributed by atoms with E-state index in [1.54, 1.807) is 41.5 Å². The lowest BCUT2D eigenvalue weighted by Crippen LogP contribution is -2.52. The lowest BCUT2D eigenvalue weighted by atomic mass is 9.77. The third-order valence-electron chi connectivity index (χ3n) is 16.0. The molecular weight excluding hydrogens is 1120 g/mol. The van der Waals surface area contributed by atoms with Gasteiger partial charge < -0.3 is 45.0 Å². The molecule has 4 atom stereocenters. The molecular formula is C70H92N4O14. The Kier molecular flexibility index (Phi) is 26.8. The molecule has 0 spiro atoms. The number of benzene rings is 4. The fourth-order valence-electron chi connectivity index (χ4n) is 11.5. The van der Waals surface area contributed by atoms with Crippen molar-refractivity contribution in [3.05, 3.63) is 120 Å².